The number of hydrogen-bond acceptors (Lipinski definition) is 2. The second-order valence-corrected chi connectivity index (χ2v) is 6.25. The first-order chi connectivity index (χ1) is 9.16. The molecule has 0 aliphatic heterocycles. The van der Waals surface area contributed by atoms with E-state index in [2.05, 4.69) is 12.2 Å². The molecule has 0 saturated heterocycles. The highest BCUT2D eigenvalue weighted by molar-refractivity contribution is 6.31. The van der Waals surface area contributed by atoms with Crippen LogP contribution in [0.1, 0.15) is 44.6 Å². The van der Waals surface area contributed by atoms with Crippen LogP contribution in [0, 0.1) is 11.8 Å². The molecule has 1 aliphatic rings. The van der Waals surface area contributed by atoms with Crippen molar-refractivity contribution in [1.82, 2.24) is 5.32 Å². The Morgan fingerprint density at radius 1 is 1.37 bits per heavy atom. The average Bonchev–Trinajstić information content (AvgIpc) is 2.37. The van der Waals surface area contributed by atoms with Gasteiger partial charge in [-0.2, -0.15) is 0 Å². The van der Waals surface area contributed by atoms with Crippen molar-refractivity contribution in [2.75, 3.05) is 6.54 Å². The van der Waals surface area contributed by atoms with Gasteiger partial charge in [-0.1, -0.05) is 43.9 Å². The van der Waals surface area contributed by atoms with E-state index >= 15 is 0 Å². The predicted molar refractivity (Wildman–Crippen MR) is 80.6 cm³/mol. The quantitative estimate of drug-likeness (QED) is 0.787. The lowest BCUT2D eigenvalue weighted by Crippen LogP contribution is -2.21. The maximum absolute atomic E-state index is 9.75. The van der Waals surface area contributed by atoms with Gasteiger partial charge >= 0.3 is 0 Å². The van der Waals surface area contributed by atoms with Gasteiger partial charge in [0.2, 0.25) is 0 Å². The molecule has 2 rings (SSSR count). The first-order valence-corrected chi connectivity index (χ1v) is 7.71. The first-order valence-electron chi connectivity index (χ1n) is 7.34. The van der Waals surface area contributed by atoms with Crippen LogP contribution < -0.4 is 5.32 Å². The van der Waals surface area contributed by atoms with Crippen LogP contribution in [-0.2, 0) is 6.54 Å². The molecule has 106 valence electrons. The van der Waals surface area contributed by atoms with Gasteiger partial charge < -0.3 is 10.4 Å². The zero-order valence-corrected chi connectivity index (χ0v) is 12.4. The van der Waals surface area contributed by atoms with E-state index in [1.165, 1.54) is 32.1 Å². The molecule has 0 radical (unpaired) electrons. The van der Waals surface area contributed by atoms with Gasteiger partial charge in [-0.05, 0) is 43.4 Å². The molecule has 0 spiro atoms. The van der Waals surface area contributed by atoms with Gasteiger partial charge in [-0.3, -0.25) is 0 Å². The fourth-order valence-corrected chi connectivity index (χ4v) is 3.30. The van der Waals surface area contributed by atoms with E-state index in [4.69, 9.17) is 11.6 Å². The minimum absolute atomic E-state index is 0.284. The summed E-state index contributed by atoms with van der Waals surface area (Å²) in [5, 5.41) is 13.8. The summed E-state index contributed by atoms with van der Waals surface area (Å²) in [6.07, 6.45) is 6.77. The minimum Gasteiger partial charge on any atom is -0.508 e. The Labute approximate surface area is 121 Å². The number of nitrogens with one attached hydrogen (secondary N) is 1. The molecule has 1 saturated carbocycles. The van der Waals surface area contributed by atoms with Crippen molar-refractivity contribution in [3.8, 4) is 5.75 Å². The van der Waals surface area contributed by atoms with Crippen LogP contribution in [0.4, 0.5) is 0 Å². The number of phenolic OH excluding ortho intramolecular Hbond substituents is 1. The first kappa shape index (κ1) is 14.7. The molecule has 2 N–H and O–H groups in total. The van der Waals surface area contributed by atoms with E-state index in [1.807, 2.05) is 6.07 Å². The average molecular weight is 282 g/mol. The normalized spacial score (nSPS) is 23.5. The van der Waals surface area contributed by atoms with Crippen LogP contribution in [0.2, 0.25) is 5.02 Å². The molecule has 1 aromatic rings. The zero-order chi connectivity index (χ0) is 13.7. The highest BCUT2D eigenvalue weighted by atomic mass is 35.5. The summed E-state index contributed by atoms with van der Waals surface area (Å²) in [6, 6.07) is 5.28. The minimum atomic E-state index is 0.284. The van der Waals surface area contributed by atoms with Gasteiger partial charge in [0, 0.05) is 17.1 Å². The molecule has 0 heterocycles. The van der Waals surface area contributed by atoms with Gasteiger partial charge in [0.05, 0.1) is 0 Å². The van der Waals surface area contributed by atoms with E-state index in [9.17, 15) is 5.11 Å². The molecule has 2 unspecified atom stereocenters. The molecule has 1 aromatic carbocycles. The van der Waals surface area contributed by atoms with Crippen molar-refractivity contribution < 1.29 is 5.11 Å². The fourth-order valence-electron chi connectivity index (χ4n) is 3.06. The third kappa shape index (κ3) is 4.39. The molecule has 1 aliphatic carbocycles. The Bertz CT molecular complexity index is 387. The van der Waals surface area contributed by atoms with Gasteiger partial charge in [0.1, 0.15) is 5.75 Å². The van der Waals surface area contributed by atoms with E-state index in [0.717, 1.165) is 23.9 Å². The topological polar surface area (TPSA) is 32.3 Å². The maximum atomic E-state index is 9.75. The summed E-state index contributed by atoms with van der Waals surface area (Å²) < 4.78 is 0. The van der Waals surface area contributed by atoms with Gasteiger partial charge in [0.25, 0.3) is 0 Å². The monoisotopic (exact) mass is 281 g/mol. The molecule has 0 bridgehead atoms. The number of phenols is 1. The van der Waals surface area contributed by atoms with Crippen molar-refractivity contribution in [3.05, 3.63) is 28.8 Å². The second-order valence-electron chi connectivity index (χ2n) is 5.84. The molecule has 1 fully saturated rings. The molecule has 0 aromatic heterocycles. The van der Waals surface area contributed by atoms with Gasteiger partial charge in [-0.25, -0.2) is 0 Å². The summed E-state index contributed by atoms with van der Waals surface area (Å²) >= 11 is 6.08. The van der Waals surface area contributed by atoms with E-state index < -0.39 is 0 Å². The zero-order valence-electron chi connectivity index (χ0n) is 11.7. The lowest BCUT2D eigenvalue weighted by molar-refractivity contribution is 0.267. The van der Waals surface area contributed by atoms with Gasteiger partial charge in [-0.15, -0.1) is 0 Å². The van der Waals surface area contributed by atoms with Crippen LogP contribution in [0.15, 0.2) is 18.2 Å². The van der Waals surface area contributed by atoms with Crippen LogP contribution >= 0.6 is 11.6 Å². The second kappa shape index (κ2) is 7.16. The molecular formula is C16H24ClNO. The van der Waals surface area contributed by atoms with Crippen molar-refractivity contribution in [2.24, 2.45) is 11.8 Å². The van der Waals surface area contributed by atoms with Crippen molar-refractivity contribution in [2.45, 2.75) is 45.6 Å². The summed E-state index contributed by atoms with van der Waals surface area (Å²) in [4.78, 5) is 0. The standard InChI is InChI=1S/C16H24ClNO/c1-12-4-2-5-13(10-12)8-9-18-11-14-15(17)6-3-7-16(14)19/h3,6-7,12-13,18-19H,2,4-5,8-11H2,1H3. The molecule has 2 nitrogen and oxygen atoms in total. The SMILES string of the molecule is CC1CCCC(CCNCc2c(O)cccc2Cl)C1. The Morgan fingerprint density at radius 2 is 2.21 bits per heavy atom. The van der Waals surface area contributed by atoms with Crippen molar-refractivity contribution >= 4 is 11.6 Å². The Hall–Kier alpha value is -0.730. The number of aromatic hydroxyl groups is 1. The summed E-state index contributed by atoms with van der Waals surface area (Å²) in [5.74, 6) is 2.05. The van der Waals surface area contributed by atoms with Crippen LogP contribution in [-0.4, -0.2) is 11.7 Å². The van der Waals surface area contributed by atoms with Crippen molar-refractivity contribution in [1.29, 1.82) is 0 Å². The summed E-state index contributed by atoms with van der Waals surface area (Å²) in [6.45, 7) is 4.01. The van der Waals surface area contributed by atoms with E-state index in [0.29, 0.717) is 11.6 Å². The van der Waals surface area contributed by atoms with Crippen molar-refractivity contribution in [3.63, 3.8) is 0 Å². The maximum Gasteiger partial charge on any atom is 0.121 e. The summed E-state index contributed by atoms with van der Waals surface area (Å²) in [5.41, 5.74) is 0.807. The van der Waals surface area contributed by atoms with Crippen LogP contribution in [0.5, 0.6) is 5.75 Å². The lowest BCUT2D eigenvalue weighted by Gasteiger charge is -2.26. The van der Waals surface area contributed by atoms with E-state index in [-0.39, 0.29) is 5.75 Å². The number of hydrogen-bond donors (Lipinski definition) is 2. The number of benzene rings is 1. The molecule has 0 amide bonds. The highest BCUT2D eigenvalue weighted by Gasteiger charge is 2.18. The Kier molecular flexibility index (Phi) is 5.53. The third-order valence-corrected chi connectivity index (χ3v) is 4.52. The fraction of sp³-hybridized carbons (Fsp3) is 0.625. The molecule has 19 heavy (non-hydrogen) atoms. The highest BCUT2D eigenvalue weighted by Crippen LogP contribution is 2.30. The number of halogens is 1. The van der Waals surface area contributed by atoms with Crippen LogP contribution in [0.3, 0.4) is 0 Å². The predicted octanol–water partition coefficient (Wildman–Crippen LogP) is 4.35. The summed E-state index contributed by atoms with van der Waals surface area (Å²) in [7, 11) is 0. The molecular weight excluding hydrogens is 258 g/mol. The molecule has 2 atom stereocenters. The Balaban J connectivity index is 1.72. The smallest absolute Gasteiger partial charge is 0.121 e. The largest absolute Gasteiger partial charge is 0.508 e. The molecule has 3 heteroatoms. The lowest BCUT2D eigenvalue weighted by atomic mass is 9.81. The Morgan fingerprint density at radius 3 is 2.95 bits per heavy atom. The number of rotatable bonds is 5. The van der Waals surface area contributed by atoms with Crippen LogP contribution in [0.25, 0.3) is 0 Å². The van der Waals surface area contributed by atoms with Gasteiger partial charge in [0.15, 0.2) is 0 Å². The third-order valence-electron chi connectivity index (χ3n) is 4.17. The van der Waals surface area contributed by atoms with E-state index in [1.54, 1.807) is 12.1 Å².